The lowest BCUT2D eigenvalue weighted by Gasteiger charge is -2.24. The van der Waals surface area contributed by atoms with Crippen LogP contribution in [0.2, 0.25) is 0 Å². The highest BCUT2D eigenvalue weighted by Gasteiger charge is 2.08. The molecule has 0 bridgehead atoms. The highest BCUT2D eigenvalue weighted by atomic mass is 15.1. The minimum atomic E-state index is 0.647. The van der Waals surface area contributed by atoms with Gasteiger partial charge in [0.15, 0.2) is 0 Å². The zero-order valence-electron chi connectivity index (χ0n) is 10.7. The molecule has 16 heavy (non-hydrogen) atoms. The Morgan fingerprint density at radius 2 is 1.94 bits per heavy atom. The molecule has 0 radical (unpaired) electrons. The Bertz CT molecular complexity index is 271. The van der Waals surface area contributed by atoms with Crippen molar-refractivity contribution in [3.05, 3.63) is 35.9 Å². The van der Waals surface area contributed by atoms with E-state index >= 15 is 0 Å². The van der Waals surface area contributed by atoms with E-state index in [1.54, 1.807) is 0 Å². The van der Waals surface area contributed by atoms with E-state index < -0.39 is 0 Å². The first-order valence-corrected chi connectivity index (χ1v) is 6.13. The maximum Gasteiger partial charge on any atom is 0.0233 e. The van der Waals surface area contributed by atoms with Crippen LogP contribution in [-0.2, 0) is 6.54 Å². The van der Waals surface area contributed by atoms with Gasteiger partial charge in [0.25, 0.3) is 0 Å². The molecule has 90 valence electrons. The van der Waals surface area contributed by atoms with Gasteiger partial charge in [0.2, 0.25) is 0 Å². The summed E-state index contributed by atoms with van der Waals surface area (Å²) < 4.78 is 0. The minimum absolute atomic E-state index is 0.647. The average molecular weight is 220 g/mol. The van der Waals surface area contributed by atoms with Crippen molar-refractivity contribution in [3.63, 3.8) is 0 Å². The van der Waals surface area contributed by atoms with Gasteiger partial charge >= 0.3 is 0 Å². The van der Waals surface area contributed by atoms with Gasteiger partial charge in [0.05, 0.1) is 0 Å². The van der Waals surface area contributed by atoms with Crippen LogP contribution in [0.3, 0.4) is 0 Å². The third kappa shape index (κ3) is 4.77. The van der Waals surface area contributed by atoms with Crippen LogP contribution in [0.5, 0.6) is 0 Å². The summed E-state index contributed by atoms with van der Waals surface area (Å²) in [5.41, 5.74) is 1.39. The second-order valence-corrected chi connectivity index (χ2v) is 4.50. The van der Waals surface area contributed by atoms with Crippen molar-refractivity contribution in [1.29, 1.82) is 0 Å². The molecule has 2 heteroatoms. The molecule has 2 nitrogen and oxygen atoms in total. The third-order valence-corrected chi connectivity index (χ3v) is 3.08. The second kappa shape index (κ2) is 7.42. The fourth-order valence-corrected chi connectivity index (χ4v) is 1.82. The maximum absolute atomic E-state index is 3.19. The van der Waals surface area contributed by atoms with Gasteiger partial charge in [-0.15, -0.1) is 0 Å². The lowest BCUT2D eigenvalue weighted by Crippen LogP contribution is -2.29. The van der Waals surface area contributed by atoms with Crippen LogP contribution >= 0.6 is 0 Å². The van der Waals surface area contributed by atoms with Crippen LogP contribution in [0, 0.1) is 0 Å². The minimum Gasteiger partial charge on any atom is -0.320 e. The van der Waals surface area contributed by atoms with Crippen LogP contribution in [-0.4, -0.2) is 31.6 Å². The highest BCUT2D eigenvalue weighted by molar-refractivity contribution is 5.14. The molecule has 0 saturated carbocycles. The lowest BCUT2D eigenvalue weighted by atomic mass is 10.1. The molecule has 0 fully saturated rings. The van der Waals surface area contributed by atoms with Gasteiger partial charge in [-0.3, -0.25) is 4.90 Å². The topological polar surface area (TPSA) is 15.3 Å². The molecule has 0 amide bonds. The smallest absolute Gasteiger partial charge is 0.0233 e. The summed E-state index contributed by atoms with van der Waals surface area (Å²) in [4.78, 5) is 2.42. The largest absolute Gasteiger partial charge is 0.320 e. The molecule has 0 aliphatic heterocycles. The molecule has 1 atom stereocenters. The Hall–Kier alpha value is -0.860. The molecule has 0 saturated heterocycles. The number of nitrogens with zero attached hydrogens (tertiary/aromatic N) is 1. The summed E-state index contributed by atoms with van der Waals surface area (Å²) >= 11 is 0. The van der Waals surface area contributed by atoms with Crippen molar-refractivity contribution in [2.45, 2.75) is 32.4 Å². The van der Waals surface area contributed by atoms with Crippen LogP contribution in [0.1, 0.15) is 25.3 Å². The first kappa shape index (κ1) is 13.2. The van der Waals surface area contributed by atoms with Gasteiger partial charge in [-0.05, 0) is 46.0 Å². The molecule has 0 aliphatic carbocycles. The van der Waals surface area contributed by atoms with E-state index in [0.717, 1.165) is 13.1 Å². The molecular formula is C14H24N2. The molecule has 0 heterocycles. The molecule has 1 rings (SSSR count). The van der Waals surface area contributed by atoms with Crippen molar-refractivity contribution in [3.8, 4) is 0 Å². The molecule has 1 aromatic rings. The quantitative estimate of drug-likeness (QED) is 0.710. The van der Waals surface area contributed by atoms with E-state index in [2.05, 4.69) is 54.5 Å². The van der Waals surface area contributed by atoms with E-state index in [0.29, 0.717) is 6.04 Å². The van der Waals surface area contributed by atoms with E-state index in [-0.39, 0.29) is 0 Å². The van der Waals surface area contributed by atoms with Crippen molar-refractivity contribution in [2.24, 2.45) is 0 Å². The lowest BCUT2D eigenvalue weighted by molar-refractivity contribution is 0.235. The molecule has 0 aromatic heterocycles. The summed E-state index contributed by atoms with van der Waals surface area (Å²) in [6, 6.07) is 11.3. The fraction of sp³-hybridized carbons (Fsp3) is 0.571. The first-order valence-electron chi connectivity index (χ1n) is 6.13. The Morgan fingerprint density at radius 1 is 1.25 bits per heavy atom. The van der Waals surface area contributed by atoms with Crippen LogP contribution in [0.15, 0.2) is 30.3 Å². The molecule has 1 N–H and O–H groups in total. The number of hydrogen-bond acceptors (Lipinski definition) is 2. The normalized spacial score (nSPS) is 13.0. The van der Waals surface area contributed by atoms with Gasteiger partial charge in [-0.1, -0.05) is 30.3 Å². The highest BCUT2D eigenvalue weighted by Crippen LogP contribution is 2.09. The van der Waals surface area contributed by atoms with Crippen molar-refractivity contribution in [2.75, 3.05) is 20.6 Å². The van der Waals surface area contributed by atoms with Gasteiger partial charge in [-0.25, -0.2) is 0 Å². The summed E-state index contributed by atoms with van der Waals surface area (Å²) in [5, 5.41) is 3.19. The van der Waals surface area contributed by atoms with E-state index in [9.17, 15) is 0 Å². The summed E-state index contributed by atoms with van der Waals surface area (Å²) in [5.74, 6) is 0. The Morgan fingerprint density at radius 3 is 2.56 bits per heavy atom. The second-order valence-electron chi connectivity index (χ2n) is 4.50. The predicted octanol–water partition coefficient (Wildman–Crippen LogP) is 2.51. The van der Waals surface area contributed by atoms with Crippen LogP contribution < -0.4 is 5.32 Å². The average Bonchev–Trinajstić information content (AvgIpc) is 2.30. The Labute approximate surface area is 99.7 Å². The first-order chi connectivity index (χ1) is 7.74. The van der Waals surface area contributed by atoms with Crippen LogP contribution in [0.4, 0.5) is 0 Å². The van der Waals surface area contributed by atoms with Gasteiger partial charge in [0, 0.05) is 12.6 Å². The number of benzene rings is 1. The third-order valence-electron chi connectivity index (χ3n) is 3.08. The fourth-order valence-electron chi connectivity index (χ4n) is 1.82. The predicted molar refractivity (Wildman–Crippen MR) is 70.5 cm³/mol. The van der Waals surface area contributed by atoms with Gasteiger partial charge in [-0.2, -0.15) is 0 Å². The summed E-state index contributed by atoms with van der Waals surface area (Å²) in [7, 11) is 4.22. The SMILES string of the molecule is CNCCCC(C)N(C)Cc1ccccc1. The Balaban J connectivity index is 2.31. The zero-order valence-corrected chi connectivity index (χ0v) is 10.7. The van der Waals surface area contributed by atoms with E-state index in [1.807, 2.05) is 7.05 Å². The maximum atomic E-state index is 3.19. The van der Waals surface area contributed by atoms with Crippen LogP contribution in [0.25, 0.3) is 0 Å². The Kier molecular flexibility index (Phi) is 6.12. The molecule has 0 aliphatic rings. The molecule has 0 spiro atoms. The van der Waals surface area contributed by atoms with E-state index in [1.165, 1.54) is 18.4 Å². The van der Waals surface area contributed by atoms with Gasteiger partial charge in [0.1, 0.15) is 0 Å². The number of nitrogens with one attached hydrogen (secondary N) is 1. The zero-order chi connectivity index (χ0) is 11.8. The number of rotatable bonds is 7. The summed E-state index contributed by atoms with van der Waals surface area (Å²) in [6.45, 7) is 4.46. The summed E-state index contributed by atoms with van der Waals surface area (Å²) in [6.07, 6.45) is 2.50. The van der Waals surface area contributed by atoms with Crippen molar-refractivity contribution < 1.29 is 0 Å². The number of hydrogen-bond donors (Lipinski definition) is 1. The van der Waals surface area contributed by atoms with Crippen molar-refractivity contribution in [1.82, 2.24) is 10.2 Å². The molecular weight excluding hydrogens is 196 g/mol. The standard InChI is InChI=1S/C14H24N2/c1-13(8-7-11-15-2)16(3)12-14-9-5-4-6-10-14/h4-6,9-10,13,15H,7-8,11-12H2,1-3H3. The van der Waals surface area contributed by atoms with Crippen molar-refractivity contribution >= 4 is 0 Å². The molecule has 1 unspecified atom stereocenters. The van der Waals surface area contributed by atoms with Gasteiger partial charge < -0.3 is 5.32 Å². The van der Waals surface area contributed by atoms with E-state index in [4.69, 9.17) is 0 Å². The monoisotopic (exact) mass is 220 g/mol. The molecule has 1 aromatic carbocycles.